The number of carbonyl (C=O) groups excluding carboxylic acids is 3. The van der Waals surface area contributed by atoms with E-state index in [2.05, 4.69) is 15.3 Å². The molecule has 31 heavy (non-hydrogen) atoms. The molecule has 2 fully saturated rings. The second kappa shape index (κ2) is 8.13. The number of urea groups is 1. The van der Waals surface area contributed by atoms with E-state index in [0.717, 1.165) is 24.2 Å². The number of aromatic amines is 1. The second-order valence-corrected chi connectivity index (χ2v) is 8.38. The first kappa shape index (κ1) is 21.0. The lowest BCUT2D eigenvalue weighted by atomic mass is 9.73. The van der Waals surface area contributed by atoms with E-state index in [9.17, 15) is 19.2 Å². The Hall–Kier alpha value is -3.23. The standard InChI is InChI=1S/C22H27N5O4/c1-3-26(12-17-23-16-10-5-4-9-15(16)19(29)24-17)18(28)13-27-20(30)22(25-21(27)31)11-7-6-8-14(22)2/h4-5,9-10,14H,3,6-8,11-13H2,1-2H3,(H,25,31)(H,23,24,29)/t14-,22-/m0/s1. The summed E-state index contributed by atoms with van der Waals surface area (Å²) in [7, 11) is 0. The van der Waals surface area contributed by atoms with Gasteiger partial charge in [-0.2, -0.15) is 0 Å². The molecule has 1 aliphatic carbocycles. The smallest absolute Gasteiger partial charge is 0.325 e. The number of hydrogen-bond acceptors (Lipinski definition) is 5. The summed E-state index contributed by atoms with van der Waals surface area (Å²) in [5, 5.41) is 3.34. The lowest BCUT2D eigenvalue weighted by Crippen LogP contribution is -2.54. The maximum atomic E-state index is 13.1. The van der Waals surface area contributed by atoms with E-state index in [1.165, 1.54) is 4.90 Å². The van der Waals surface area contributed by atoms with Crippen molar-refractivity contribution < 1.29 is 14.4 Å². The molecule has 164 valence electrons. The Kier molecular flexibility index (Phi) is 5.51. The summed E-state index contributed by atoms with van der Waals surface area (Å²) in [5.41, 5.74) is -0.615. The first-order valence-electron chi connectivity index (χ1n) is 10.8. The lowest BCUT2D eigenvalue weighted by molar-refractivity contribution is -0.140. The zero-order valence-electron chi connectivity index (χ0n) is 17.8. The highest BCUT2D eigenvalue weighted by molar-refractivity contribution is 6.09. The maximum Gasteiger partial charge on any atom is 0.325 e. The highest BCUT2D eigenvalue weighted by Crippen LogP contribution is 2.38. The molecule has 9 nitrogen and oxygen atoms in total. The number of rotatable bonds is 5. The number of para-hydroxylation sites is 1. The molecule has 9 heteroatoms. The van der Waals surface area contributed by atoms with Crippen LogP contribution in [0.5, 0.6) is 0 Å². The molecule has 0 bridgehead atoms. The molecule has 2 N–H and O–H groups in total. The molecule has 0 unspecified atom stereocenters. The first-order chi connectivity index (χ1) is 14.9. The van der Waals surface area contributed by atoms with Gasteiger partial charge in [0, 0.05) is 6.54 Å². The van der Waals surface area contributed by atoms with Gasteiger partial charge in [0.05, 0.1) is 17.4 Å². The van der Waals surface area contributed by atoms with Crippen molar-refractivity contribution in [3.63, 3.8) is 0 Å². The third-order valence-electron chi connectivity index (χ3n) is 6.53. The van der Waals surface area contributed by atoms with Crippen LogP contribution in [-0.4, -0.2) is 56.2 Å². The molecule has 1 spiro atoms. The van der Waals surface area contributed by atoms with Crippen LogP contribution in [0.15, 0.2) is 29.1 Å². The Bertz CT molecular complexity index is 1100. The van der Waals surface area contributed by atoms with Crippen LogP contribution in [-0.2, 0) is 16.1 Å². The fourth-order valence-corrected chi connectivity index (χ4v) is 4.64. The van der Waals surface area contributed by atoms with Crippen molar-refractivity contribution in [2.24, 2.45) is 5.92 Å². The van der Waals surface area contributed by atoms with Crippen LogP contribution in [0.3, 0.4) is 0 Å². The van der Waals surface area contributed by atoms with Crippen LogP contribution in [0.4, 0.5) is 4.79 Å². The zero-order chi connectivity index (χ0) is 22.2. The van der Waals surface area contributed by atoms with E-state index >= 15 is 0 Å². The van der Waals surface area contributed by atoms with Crippen molar-refractivity contribution in [2.75, 3.05) is 13.1 Å². The van der Waals surface area contributed by atoms with E-state index < -0.39 is 11.6 Å². The van der Waals surface area contributed by atoms with Gasteiger partial charge in [0.25, 0.3) is 11.5 Å². The van der Waals surface area contributed by atoms with Gasteiger partial charge < -0.3 is 15.2 Å². The highest BCUT2D eigenvalue weighted by Gasteiger charge is 2.55. The molecule has 1 aromatic heterocycles. The molecular weight excluding hydrogens is 398 g/mol. The molecule has 4 amide bonds. The van der Waals surface area contributed by atoms with Crippen LogP contribution in [0.25, 0.3) is 10.9 Å². The summed E-state index contributed by atoms with van der Waals surface area (Å²) in [6.45, 7) is 3.88. The summed E-state index contributed by atoms with van der Waals surface area (Å²) < 4.78 is 0. The third kappa shape index (κ3) is 3.68. The van der Waals surface area contributed by atoms with E-state index in [1.54, 1.807) is 31.2 Å². The molecule has 0 radical (unpaired) electrons. The Morgan fingerprint density at radius 3 is 2.77 bits per heavy atom. The molecular formula is C22H27N5O4. The summed E-state index contributed by atoms with van der Waals surface area (Å²) in [6.07, 6.45) is 3.38. The largest absolute Gasteiger partial charge is 0.334 e. The zero-order valence-corrected chi connectivity index (χ0v) is 17.8. The van der Waals surface area contributed by atoms with Crippen molar-refractivity contribution in [3.8, 4) is 0 Å². The van der Waals surface area contributed by atoms with Crippen molar-refractivity contribution in [3.05, 3.63) is 40.4 Å². The van der Waals surface area contributed by atoms with Gasteiger partial charge in [0.1, 0.15) is 17.9 Å². The van der Waals surface area contributed by atoms with Gasteiger partial charge in [-0.25, -0.2) is 9.78 Å². The van der Waals surface area contributed by atoms with Gasteiger partial charge >= 0.3 is 6.03 Å². The minimum atomic E-state index is -0.891. The Balaban J connectivity index is 1.50. The van der Waals surface area contributed by atoms with Crippen molar-refractivity contribution >= 4 is 28.7 Å². The van der Waals surface area contributed by atoms with Gasteiger partial charge in [-0.05, 0) is 37.8 Å². The van der Waals surface area contributed by atoms with Crippen molar-refractivity contribution in [2.45, 2.75) is 51.6 Å². The quantitative estimate of drug-likeness (QED) is 0.709. The molecule has 2 aromatic rings. The van der Waals surface area contributed by atoms with Gasteiger partial charge in [-0.1, -0.05) is 31.9 Å². The fourth-order valence-electron chi connectivity index (χ4n) is 4.64. The van der Waals surface area contributed by atoms with Crippen LogP contribution in [0.1, 0.15) is 45.4 Å². The van der Waals surface area contributed by atoms with E-state index in [1.807, 2.05) is 6.92 Å². The monoisotopic (exact) mass is 425 g/mol. The first-order valence-corrected chi connectivity index (χ1v) is 10.8. The predicted octanol–water partition coefficient (Wildman–Crippen LogP) is 1.77. The highest BCUT2D eigenvalue weighted by atomic mass is 16.2. The van der Waals surface area contributed by atoms with Gasteiger partial charge in [0.15, 0.2) is 0 Å². The van der Waals surface area contributed by atoms with Crippen LogP contribution in [0, 0.1) is 5.92 Å². The van der Waals surface area contributed by atoms with E-state index in [-0.39, 0.29) is 36.4 Å². The molecule has 2 atom stereocenters. The number of nitrogens with one attached hydrogen (secondary N) is 2. The van der Waals surface area contributed by atoms with E-state index in [4.69, 9.17) is 0 Å². The molecule has 1 saturated carbocycles. The molecule has 1 aromatic carbocycles. The van der Waals surface area contributed by atoms with E-state index in [0.29, 0.717) is 29.7 Å². The molecule has 1 saturated heterocycles. The molecule has 4 rings (SSSR count). The summed E-state index contributed by atoms with van der Waals surface area (Å²) in [5.74, 6) is -0.297. The summed E-state index contributed by atoms with van der Waals surface area (Å²) in [4.78, 5) is 60.6. The lowest BCUT2D eigenvalue weighted by Gasteiger charge is -2.36. The number of benzene rings is 1. The van der Waals surface area contributed by atoms with Gasteiger partial charge in [0.2, 0.25) is 5.91 Å². The minimum Gasteiger partial charge on any atom is -0.334 e. The van der Waals surface area contributed by atoms with Crippen LogP contribution in [0.2, 0.25) is 0 Å². The Morgan fingerprint density at radius 2 is 2.03 bits per heavy atom. The number of hydrogen-bond donors (Lipinski definition) is 2. The number of likely N-dealkylation sites (N-methyl/N-ethyl adjacent to an activating group) is 1. The number of aromatic nitrogens is 2. The number of H-pyrrole nitrogens is 1. The molecule has 1 aliphatic heterocycles. The number of imide groups is 1. The summed E-state index contributed by atoms with van der Waals surface area (Å²) in [6, 6.07) is 6.47. The average Bonchev–Trinajstić information content (AvgIpc) is 2.99. The predicted molar refractivity (Wildman–Crippen MR) is 114 cm³/mol. The fraction of sp³-hybridized carbons (Fsp3) is 0.500. The minimum absolute atomic E-state index is 0.0342. The maximum absolute atomic E-state index is 13.1. The average molecular weight is 425 g/mol. The normalized spacial score (nSPS) is 23.4. The number of fused-ring (bicyclic) bond motifs is 1. The topological polar surface area (TPSA) is 115 Å². The van der Waals surface area contributed by atoms with Gasteiger partial charge in [-0.15, -0.1) is 0 Å². The van der Waals surface area contributed by atoms with Crippen LogP contribution < -0.4 is 10.9 Å². The summed E-state index contributed by atoms with van der Waals surface area (Å²) >= 11 is 0. The Labute approximate surface area is 179 Å². The SMILES string of the molecule is CCN(Cc1nc2ccccc2c(=O)[nH]1)C(=O)CN1C(=O)N[C@]2(CCCC[C@@H]2C)C1=O. The Morgan fingerprint density at radius 1 is 1.26 bits per heavy atom. The van der Waals surface area contributed by atoms with Crippen molar-refractivity contribution in [1.82, 2.24) is 25.1 Å². The number of amides is 4. The third-order valence-corrected chi connectivity index (χ3v) is 6.53. The second-order valence-electron chi connectivity index (χ2n) is 8.38. The van der Waals surface area contributed by atoms with Crippen molar-refractivity contribution in [1.29, 1.82) is 0 Å². The molecule has 2 heterocycles. The van der Waals surface area contributed by atoms with Crippen LogP contribution >= 0.6 is 0 Å². The number of carbonyl (C=O) groups is 3. The van der Waals surface area contributed by atoms with Gasteiger partial charge in [-0.3, -0.25) is 19.3 Å². The number of nitrogens with zero attached hydrogens (tertiary/aromatic N) is 3. The molecule has 2 aliphatic rings.